The van der Waals surface area contributed by atoms with Crippen LogP contribution in [0.3, 0.4) is 0 Å². The summed E-state index contributed by atoms with van der Waals surface area (Å²) < 4.78 is 0.803. The first-order valence-electron chi connectivity index (χ1n) is 3.43. The van der Waals surface area contributed by atoms with E-state index in [2.05, 4.69) is 16.7 Å². The Morgan fingerprint density at radius 2 is 2.38 bits per heavy atom. The molecule has 0 atom stereocenters. The highest BCUT2D eigenvalue weighted by Gasteiger charge is 2.04. The zero-order chi connectivity index (χ0) is 9.84. The van der Waals surface area contributed by atoms with Crippen molar-refractivity contribution >= 4 is 5.91 Å². The van der Waals surface area contributed by atoms with Gasteiger partial charge in [0.25, 0.3) is 0 Å². The number of aromatic amines is 1. The molecule has 0 fully saturated rings. The second-order valence-corrected chi connectivity index (χ2v) is 2.22. The molecule has 1 heterocycles. The number of carbonyl (C=O) groups excluding carboxylic acids is 1. The lowest BCUT2D eigenvalue weighted by Crippen LogP contribution is -2.40. The van der Waals surface area contributed by atoms with Crippen LogP contribution in [-0.4, -0.2) is 27.7 Å². The van der Waals surface area contributed by atoms with E-state index < -0.39 is 17.0 Å². The summed E-state index contributed by atoms with van der Waals surface area (Å²) in [5.74, 6) is -0.397. The highest BCUT2D eigenvalue weighted by Crippen LogP contribution is 1.72. The van der Waals surface area contributed by atoms with Gasteiger partial charge in [0, 0.05) is 7.05 Å². The van der Waals surface area contributed by atoms with Gasteiger partial charge in [-0.2, -0.15) is 5.10 Å². The molecule has 0 spiro atoms. The third-order valence-corrected chi connectivity index (χ3v) is 1.35. The van der Waals surface area contributed by atoms with Crippen molar-refractivity contribution in [2.75, 3.05) is 7.05 Å². The maximum Gasteiger partial charge on any atom is 0.330 e. The average molecular weight is 183 g/mol. The predicted octanol–water partition coefficient (Wildman–Crippen LogP) is -2.52. The Morgan fingerprint density at radius 1 is 1.69 bits per heavy atom. The zero-order valence-corrected chi connectivity index (χ0v) is 6.83. The monoisotopic (exact) mass is 183 g/mol. The average Bonchev–Trinajstić information content (AvgIpc) is 2.13. The van der Waals surface area contributed by atoms with Gasteiger partial charge in [0.2, 0.25) is 12.2 Å². The maximum absolute atomic E-state index is 11.0. The van der Waals surface area contributed by atoms with Gasteiger partial charge < -0.3 is 5.32 Å². The minimum absolute atomic E-state index is 0.258. The minimum atomic E-state index is -0.873. The first-order chi connectivity index (χ1) is 6.15. The molecule has 2 N–H and O–H groups in total. The number of rotatable bonds is 2. The Kier molecular flexibility index (Phi) is 2.58. The van der Waals surface area contributed by atoms with Crippen molar-refractivity contribution in [3.05, 3.63) is 27.0 Å². The number of amides is 1. The highest BCUT2D eigenvalue weighted by atomic mass is 16.2. The molecule has 0 unspecified atom stereocenters. The lowest BCUT2D eigenvalue weighted by Gasteiger charge is -1.99. The largest absolute Gasteiger partial charge is 0.358 e. The molecule has 1 radical (unpaired) electrons. The molecule has 0 aromatic carbocycles. The van der Waals surface area contributed by atoms with Gasteiger partial charge in [0.15, 0.2) is 0 Å². The molecule has 0 saturated carbocycles. The number of hydrogen-bond acceptors (Lipinski definition) is 4. The molecule has 1 aromatic rings. The molecule has 0 saturated heterocycles. The standard InChI is InChI=1S/C6H7N4O3/c1-7-4(11)2-10-3-8-9-5(12)6(10)13/h2H2,1H3,(H,7,11)(H,9,12). The molecular weight excluding hydrogens is 176 g/mol. The van der Waals surface area contributed by atoms with E-state index >= 15 is 0 Å². The van der Waals surface area contributed by atoms with E-state index in [0.29, 0.717) is 0 Å². The normalized spacial score (nSPS) is 9.62. The third kappa shape index (κ3) is 2.01. The van der Waals surface area contributed by atoms with Crippen molar-refractivity contribution in [2.24, 2.45) is 0 Å². The summed E-state index contributed by atoms with van der Waals surface area (Å²) in [5.41, 5.74) is -1.72. The van der Waals surface area contributed by atoms with Crippen molar-refractivity contribution < 1.29 is 4.79 Å². The van der Waals surface area contributed by atoms with Gasteiger partial charge in [-0.15, -0.1) is 0 Å². The topological polar surface area (TPSA) is 96.8 Å². The van der Waals surface area contributed by atoms with Crippen molar-refractivity contribution in [1.29, 1.82) is 0 Å². The molecule has 1 rings (SSSR count). The lowest BCUT2D eigenvalue weighted by atomic mass is 10.5. The summed E-state index contributed by atoms with van der Waals surface area (Å²) >= 11 is 0. The molecule has 0 aliphatic heterocycles. The molecule has 1 aromatic heterocycles. The van der Waals surface area contributed by atoms with E-state index in [0.717, 1.165) is 4.57 Å². The molecule has 0 aliphatic carbocycles. The van der Waals surface area contributed by atoms with E-state index in [4.69, 9.17) is 0 Å². The Labute approximate surface area is 72.4 Å². The van der Waals surface area contributed by atoms with Gasteiger partial charge >= 0.3 is 11.1 Å². The third-order valence-electron chi connectivity index (χ3n) is 1.35. The summed E-state index contributed by atoms with van der Waals surface area (Å²) in [6, 6.07) is 0. The Balaban J connectivity index is 3.03. The number of likely N-dealkylation sites (N-methyl/N-ethyl adjacent to an activating group) is 1. The molecular formula is C6H7N4O3. The summed E-state index contributed by atoms with van der Waals surface area (Å²) in [5, 5.41) is 7.46. The van der Waals surface area contributed by atoms with Gasteiger partial charge in [-0.3, -0.25) is 19.0 Å². The number of hydrogen-bond donors (Lipinski definition) is 2. The number of nitrogens with zero attached hydrogens (tertiary/aromatic N) is 2. The fourth-order valence-corrected chi connectivity index (χ4v) is 0.682. The van der Waals surface area contributed by atoms with E-state index in [-0.39, 0.29) is 6.54 Å². The molecule has 0 aliphatic rings. The maximum atomic E-state index is 11.0. The lowest BCUT2D eigenvalue weighted by molar-refractivity contribution is -0.121. The molecule has 1 amide bonds. The van der Waals surface area contributed by atoms with E-state index in [1.54, 1.807) is 0 Å². The Bertz CT molecular complexity index is 418. The smallest absolute Gasteiger partial charge is 0.330 e. The van der Waals surface area contributed by atoms with Crippen LogP contribution in [0.5, 0.6) is 0 Å². The van der Waals surface area contributed by atoms with Crippen LogP contribution in [0.4, 0.5) is 0 Å². The van der Waals surface area contributed by atoms with Crippen LogP contribution in [-0.2, 0) is 11.3 Å². The van der Waals surface area contributed by atoms with Crippen LogP contribution in [0.15, 0.2) is 9.59 Å². The van der Waals surface area contributed by atoms with Crippen LogP contribution in [0.2, 0.25) is 0 Å². The summed E-state index contributed by atoms with van der Waals surface area (Å²) in [6.07, 6.45) is 2.18. The summed E-state index contributed by atoms with van der Waals surface area (Å²) in [4.78, 5) is 32.5. The molecule has 69 valence electrons. The van der Waals surface area contributed by atoms with E-state index in [9.17, 15) is 14.4 Å². The van der Waals surface area contributed by atoms with Crippen LogP contribution in [0.25, 0.3) is 0 Å². The van der Waals surface area contributed by atoms with Gasteiger partial charge in [0.05, 0.1) is 0 Å². The summed E-state index contributed by atoms with van der Waals surface area (Å²) in [7, 11) is 1.42. The van der Waals surface area contributed by atoms with Gasteiger partial charge in [-0.25, -0.2) is 5.10 Å². The van der Waals surface area contributed by atoms with E-state index in [1.165, 1.54) is 7.05 Å². The number of carbonyl (C=O) groups is 1. The first-order valence-corrected chi connectivity index (χ1v) is 3.43. The Morgan fingerprint density at radius 3 is 3.00 bits per heavy atom. The van der Waals surface area contributed by atoms with Crippen LogP contribution < -0.4 is 16.4 Å². The van der Waals surface area contributed by atoms with Crippen molar-refractivity contribution in [1.82, 2.24) is 20.1 Å². The number of nitrogens with one attached hydrogen (secondary N) is 2. The highest BCUT2D eigenvalue weighted by molar-refractivity contribution is 5.75. The fourth-order valence-electron chi connectivity index (χ4n) is 0.682. The van der Waals surface area contributed by atoms with Crippen LogP contribution in [0.1, 0.15) is 0 Å². The van der Waals surface area contributed by atoms with Crippen molar-refractivity contribution in [3.8, 4) is 0 Å². The number of aromatic nitrogens is 3. The molecule has 7 heteroatoms. The molecule has 7 nitrogen and oxygen atoms in total. The molecule has 13 heavy (non-hydrogen) atoms. The predicted molar refractivity (Wildman–Crippen MR) is 42.0 cm³/mol. The van der Waals surface area contributed by atoms with Gasteiger partial charge in [-0.05, 0) is 0 Å². The second kappa shape index (κ2) is 3.65. The van der Waals surface area contributed by atoms with Gasteiger partial charge in [0.1, 0.15) is 6.54 Å². The zero-order valence-electron chi connectivity index (χ0n) is 6.83. The first kappa shape index (κ1) is 9.17. The van der Waals surface area contributed by atoms with Gasteiger partial charge in [-0.1, -0.05) is 0 Å². The SMILES string of the molecule is CNC(=O)Cn1[c]n[nH]c(=O)c1=O. The quantitative estimate of drug-likeness (QED) is 0.494. The molecule has 0 bridgehead atoms. The van der Waals surface area contributed by atoms with Crippen LogP contribution in [0, 0.1) is 6.33 Å². The summed E-state index contributed by atoms with van der Waals surface area (Å²) in [6.45, 7) is -0.258. The number of H-pyrrole nitrogens is 1. The fraction of sp³-hybridized carbons (Fsp3) is 0.333. The second-order valence-electron chi connectivity index (χ2n) is 2.22. The van der Waals surface area contributed by atoms with Crippen molar-refractivity contribution in [2.45, 2.75) is 6.54 Å². The van der Waals surface area contributed by atoms with Crippen molar-refractivity contribution in [3.63, 3.8) is 0 Å². The minimum Gasteiger partial charge on any atom is -0.358 e. The van der Waals surface area contributed by atoms with Crippen LogP contribution >= 0.6 is 0 Å². The van der Waals surface area contributed by atoms with E-state index in [1.807, 2.05) is 5.10 Å². The Hall–Kier alpha value is -1.92.